The first-order valence-electron chi connectivity index (χ1n) is 5.48. The van der Waals surface area contributed by atoms with Crippen LogP contribution in [0.5, 0.6) is 0 Å². The normalized spacial score (nSPS) is 10.4. The van der Waals surface area contributed by atoms with Crippen LogP contribution in [0.4, 0.5) is 0 Å². The van der Waals surface area contributed by atoms with Gasteiger partial charge in [0.1, 0.15) is 5.82 Å². The van der Waals surface area contributed by atoms with Crippen molar-refractivity contribution in [3.05, 3.63) is 48.0 Å². The summed E-state index contributed by atoms with van der Waals surface area (Å²) >= 11 is 0. The number of carbonyl (C=O) groups is 1. The van der Waals surface area contributed by atoms with E-state index < -0.39 is 5.97 Å². The third kappa shape index (κ3) is 2.72. The van der Waals surface area contributed by atoms with Crippen LogP contribution in [0.1, 0.15) is 17.8 Å². The minimum Gasteiger partial charge on any atom is -0.481 e. The van der Waals surface area contributed by atoms with Gasteiger partial charge in [0, 0.05) is 24.5 Å². The van der Waals surface area contributed by atoms with Gasteiger partial charge >= 0.3 is 5.97 Å². The smallest absolute Gasteiger partial charge is 0.303 e. The van der Waals surface area contributed by atoms with Crippen molar-refractivity contribution in [1.82, 2.24) is 9.55 Å². The highest BCUT2D eigenvalue weighted by atomic mass is 16.4. The molecule has 0 saturated carbocycles. The minimum atomic E-state index is -0.802. The van der Waals surface area contributed by atoms with Gasteiger partial charge in [0.2, 0.25) is 0 Å². The molecule has 4 heteroatoms. The predicted molar refractivity (Wildman–Crippen MR) is 64.3 cm³/mol. The average Bonchev–Trinajstić information content (AvgIpc) is 2.74. The van der Waals surface area contributed by atoms with E-state index in [1.165, 1.54) is 5.56 Å². The van der Waals surface area contributed by atoms with Gasteiger partial charge in [0.25, 0.3) is 0 Å². The predicted octanol–water partition coefficient (Wildman–Crippen LogP) is 2.20. The second-order valence-corrected chi connectivity index (χ2v) is 3.95. The molecular formula is C13H14N2O2. The van der Waals surface area contributed by atoms with Crippen molar-refractivity contribution in [3.63, 3.8) is 0 Å². The van der Waals surface area contributed by atoms with Crippen molar-refractivity contribution in [2.45, 2.75) is 19.8 Å². The lowest BCUT2D eigenvalue weighted by Gasteiger charge is -2.07. The Labute approximate surface area is 99.5 Å². The van der Waals surface area contributed by atoms with Crippen LogP contribution in [-0.2, 0) is 11.2 Å². The Balaban J connectivity index is 2.27. The summed E-state index contributed by atoms with van der Waals surface area (Å²) in [7, 11) is 0. The van der Waals surface area contributed by atoms with Crippen LogP contribution in [0.2, 0.25) is 0 Å². The van der Waals surface area contributed by atoms with Crippen molar-refractivity contribution in [2.75, 3.05) is 0 Å². The quantitative estimate of drug-likeness (QED) is 0.876. The molecule has 1 N–H and O–H groups in total. The molecule has 17 heavy (non-hydrogen) atoms. The molecule has 4 nitrogen and oxygen atoms in total. The van der Waals surface area contributed by atoms with Gasteiger partial charge < -0.3 is 9.67 Å². The highest BCUT2D eigenvalue weighted by Crippen LogP contribution is 2.13. The molecule has 0 radical (unpaired) electrons. The van der Waals surface area contributed by atoms with Crippen molar-refractivity contribution < 1.29 is 9.90 Å². The molecule has 88 valence electrons. The first-order chi connectivity index (χ1) is 8.16. The Morgan fingerprint density at radius 1 is 1.47 bits per heavy atom. The van der Waals surface area contributed by atoms with Crippen LogP contribution in [0.25, 0.3) is 5.69 Å². The van der Waals surface area contributed by atoms with Gasteiger partial charge in [-0.15, -0.1) is 0 Å². The fraction of sp³-hybridized carbons (Fsp3) is 0.231. The summed E-state index contributed by atoms with van der Waals surface area (Å²) in [4.78, 5) is 14.8. The molecule has 1 aromatic carbocycles. The number of aliphatic carboxylic acids is 1. The first kappa shape index (κ1) is 11.4. The zero-order chi connectivity index (χ0) is 12.3. The van der Waals surface area contributed by atoms with Gasteiger partial charge in [-0.3, -0.25) is 4.79 Å². The topological polar surface area (TPSA) is 55.1 Å². The number of carboxylic acid groups (broad SMARTS) is 1. The average molecular weight is 230 g/mol. The van der Waals surface area contributed by atoms with E-state index in [2.05, 4.69) is 4.98 Å². The highest BCUT2D eigenvalue weighted by Gasteiger charge is 2.07. The van der Waals surface area contributed by atoms with Gasteiger partial charge in [-0.2, -0.15) is 0 Å². The van der Waals surface area contributed by atoms with E-state index in [0.29, 0.717) is 6.42 Å². The number of hydrogen-bond donors (Lipinski definition) is 1. The number of aromatic nitrogens is 2. The maximum absolute atomic E-state index is 10.6. The molecule has 2 aromatic rings. The van der Waals surface area contributed by atoms with E-state index in [-0.39, 0.29) is 6.42 Å². The molecule has 0 bridgehead atoms. The summed E-state index contributed by atoms with van der Waals surface area (Å²) in [5.74, 6) is -0.0261. The van der Waals surface area contributed by atoms with Crippen molar-refractivity contribution in [2.24, 2.45) is 0 Å². The zero-order valence-corrected chi connectivity index (χ0v) is 9.63. The van der Waals surface area contributed by atoms with Crippen molar-refractivity contribution >= 4 is 5.97 Å². The fourth-order valence-corrected chi connectivity index (χ4v) is 1.75. The molecule has 0 saturated heterocycles. The summed E-state index contributed by atoms with van der Waals surface area (Å²) in [6.45, 7) is 2.03. The SMILES string of the molecule is Cc1cccc(-n2ccnc2CCC(=O)O)c1. The Morgan fingerprint density at radius 3 is 3.00 bits per heavy atom. The molecule has 1 heterocycles. The number of nitrogens with zero attached hydrogens (tertiary/aromatic N) is 2. The van der Waals surface area contributed by atoms with Crippen LogP contribution < -0.4 is 0 Å². The van der Waals surface area contributed by atoms with E-state index in [4.69, 9.17) is 5.11 Å². The number of rotatable bonds is 4. The lowest BCUT2D eigenvalue weighted by molar-refractivity contribution is -0.137. The van der Waals surface area contributed by atoms with E-state index in [0.717, 1.165) is 11.5 Å². The van der Waals surface area contributed by atoms with E-state index >= 15 is 0 Å². The summed E-state index contributed by atoms with van der Waals surface area (Å²) in [6, 6.07) is 8.04. The number of hydrogen-bond acceptors (Lipinski definition) is 2. The first-order valence-corrected chi connectivity index (χ1v) is 5.48. The minimum absolute atomic E-state index is 0.100. The summed E-state index contributed by atoms with van der Waals surface area (Å²) in [5, 5.41) is 8.68. The molecule has 0 spiro atoms. The number of aryl methyl sites for hydroxylation is 2. The standard InChI is InChI=1S/C13H14N2O2/c1-10-3-2-4-11(9-10)15-8-7-14-12(15)5-6-13(16)17/h2-4,7-9H,5-6H2,1H3,(H,16,17). The summed E-state index contributed by atoms with van der Waals surface area (Å²) < 4.78 is 1.93. The lowest BCUT2D eigenvalue weighted by Crippen LogP contribution is -2.04. The molecular weight excluding hydrogens is 216 g/mol. The Kier molecular flexibility index (Phi) is 3.23. The van der Waals surface area contributed by atoms with Crippen molar-refractivity contribution in [3.8, 4) is 5.69 Å². The van der Waals surface area contributed by atoms with Gasteiger partial charge in [-0.25, -0.2) is 4.98 Å². The monoisotopic (exact) mass is 230 g/mol. The van der Waals surface area contributed by atoms with Crippen LogP contribution >= 0.6 is 0 Å². The van der Waals surface area contributed by atoms with E-state index in [1.54, 1.807) is 6.20 Å². The van der Waals surface area contributed by atoms with E-state index in [9.17, 15) is 4.79 Å². The molecule has 0 atom stereocenters. The van der Waals surface area contributed by atoms with Gasteiger partial charge in [-0.1, -0.05) is 12.1 Å². The Bertz CT molecular complexity index is 532. The molecule has 0 unspecified atom stereocenters. The molecule has 0 aliphatic heterocycles. The van der Waals surface area contributed by atoms with Crippen LogP contribution in [-0.4, -0.2) is 20.6 Å². The number of carboxylic acids is 1. The fourth-order valence-electron chi connectivity index (χ4n) is 1.75. The van der Waals surface area contributed by atoms with Gasteiger partial charge in [-0.05, 0) is 24.6 Å². The molecule has 0 fully saturated rings. The second kappa shape index (κ2) is 4.82. The summed E-state index contributed by atoms with van der Waals surface area (Å²) in [5.41, 5.74) is 2.18. The lowest BCUT2D eigenvalue weighted by atomic mass is 10.2. The molecule has 0 aliphatic carbocycles. The molecule has 0 aliphatic rings. The molecule has 0 amide bonds. The maximum atomic E-state index is 10.6. The number of imidazole rings is 1. The van der Waals surface area contributed by atoms with Crippen LogP contribution in [0, 0.1) is 6.92 Å². The van der Waals surface area contributed by atoms with Gasteiger partial charge in [0.05, 0.1) is 6.42 Å². The Morgan fingerprint density at radius 2 is 2.29 bits per heavy atom. The molecule has 2 rings (SSSR count). The third-order valence-corrected chi connectivity index (χ3v) is 2.56. The van der Waals surface area contributed by atoms with E-state index in [1.807, 2.05) is 42.0 Å². The largest absolute Gasteiger partial charge is 0.481 e. The van der Waals surface area contributed by atoms with Crippen LogP contribution in [0.3, 0.4) is 0 Å². The maximum Gasteiger partial charge on any atom is 0.303 e. The second-order valence-electron chi connectivity index (χ2n) is 3.95. The third-order valence-electron chi connectivity index (χ3n) is 2.56. The summed E-state index contributed by atoms with van der Waals surface area (Å²) in [6.07, 6.45) is 4.09. The van der Waals surface area contributed by atoms with Crippen LogP contribution in [0.15, 0.2) is 36.7 Å². The van der Waals surface area contributed by atoms with Crippen molar-refractivity contribution in [1.29, 1.82) is 0 Å². The Hall–Kier alpha value is -2.10. The number of benzene rings is 1. The zero-order valence-electron chi connectivity index (χ0n) is 9.63. The highest BCUT2D eigenvalue weighted by molar-refractivity contribution is 5.66. The molecule has 1 aromatic heterocycles. The van der Waals surface area contributed by atoms with Gasteiger partial charge in [0.15, 0.2) is 0 Å².